The Hall–Kier alpha value is -3.80. The third kappa shape index (κ3) is 3.97. The lowest BCUT2D eigenvalue weighted by Gasteiger charge is -2.14. The number of hydrogen-bond donors (Lipinski definition) is 1. The highest BCUT2D eigenvalue weighted by Crippen LogP contribution is 2.32. The van der Waals surface area contributed by atoms with Crippen molar-refractivity contribution in [2.75, 3.05) is 19.5 Å². The summed E-state index contributed by atoms with van der Waals surface area (Å²) in [7, 11) is 3.04. The lowest BCUT2D eigenvalue weighted by molar-refractivity contribution is 0.102. The molecule has 6 nitrogen and oxygen atoms in total. The van der Waals surface area contributed by atoms with E-state index in [4.69, 9.17) is 13.9 Å². The number of aromatic nitrogens is 1. The number of ether oxygens (including phenoxy) is 2. The molecule has 4 aromatic rings. The highest BCUT2D eigenvalue weighted by atomic mass is 16.5. The van der Waals surface area contributed by atoms with E-state index in [1.807, 2.05) is 43.3 Å². The fraction of sp³-hybridized carbons (Fsp3) is 0.200. The molecule has 0 radical (unpaired) electrons. The molecule has 0 aliphatic heterocycles. The summed E-state index contributed by atoms with van der Waals surface area (Å²) in [6, 6.07) is 17.0. The molecule has 1 aromatic heterocycles. The number of fused-ring (bicyclic) bond motifs is 1. The number of nitrogens with zero attached hydrogens (tertiary/aromatic N) is 1. The van der Waals surface area contributed by atoms with Crippen LogP contribution < -0.4 is 14.8 Å². The van der Waals surface area contributed by atoms with Crippen molar-refractivity contribution in [2.24, 2.45) is 0 Å². The van der Waals surface area contributed by atoms with Crippen molar-refractivity contribution in [3.8, 4) is 23.0 Å². The summed E-state index contributed by atoms with van der Waals surface area (Å²) in [6.45, 7) is 4.03. The summed E-state index contributed by atoms with van der Waals surface area (Å²) in [5.41, 5.74) is 5.45. The zero-order chi connectivity index (χ0) is 22.0. The van der Waals surface area contributed by atoms with E-state index >= 15 is 0 Å². The molecule has 1 N–H and O–H groups in total. The molecule has 0 fully saturated rings. The van der Waals surface area contributed by atoms with Gasteiger partial charge in [-0.2, -0.15) is 0 Å². The molecule has 4 rings (SSSR count). The van der Waals surface area contributed by atoms with Crippen LogP contribution in [0.25, 0.3) is 22.6 Å². The molecule has 3 aromatic carbocycles. The number of methoxy groups -OCH3 is 2. The van der Waals surface area contributed by atoms with Gasteiger partial charge in [0.15, 0.2) is 5.58 Å². The predicted octanol–water partition coefficient (Wildman–Crippen LogP) is 5.64. The van der Waals surface area contributed by atoms with Crippen LogP contribution in [0.4, 0.5) is 5.69 Å². The van der Waals surface area contributed by atoms with Gasteiger partial charge in [-0.1, -0.05) is 25.1 Å². The van der Waals surface area contributed by atoms with Gasteiger partial charge in [-0.15, -0.1) is 0 Å². The van der Waals surface area contributed by atoms with E-state index in [9.17, 15) is 4.79 Å². The van der Waals surface area contributed by atoms with Gasteiger partial charge >= 0.3 is 0 Å². The number of carbonyl (C=O) groups excluding carboxylic acids is 1. The Morgan fingerprint density at radius 3 is 2.45 bits per heavy atom. The smallest absolute Gasteiger partial charge is 0.263 e. The van der Waals surface area contributed by atoms with Crippen LogP contribution >= 0.6 is 0 Å². The zero-order valence-electron chi connectivity index (χ0n) is 18.0. The van der Waals surface area contributed by atoms with Gasteiger partial charge in [-0.3, -0.25) is 4.79 Å². The monoisotopic (exact) mass is 416 g/mol. The summed E-state index contributed by atoms with van der Waals surface area (Å²) < 4.78 is 16.7. The van der Waals surface area contributed by atoms with Crippen LogP contribution in [-0.2, 0) is 6.42 Å². The number of aryl methyl sites for hydroxylation is 2. The van der Waals surface area contributed by atoms with Crippen LogP contribution in [0.2, 0.25) is 0 Å². The number of amides is 1. The summed E-state index contributed by atoms with van der Waals surface area (Å²) in [6.07, 6.45) is 0.936. The van der Waals surface area contributed by atoms with Gasteiger partial charge < -0.3 is 19.2 Å². The average molecular weight is 416 g/mol. The Morgan fingerprint density at radius 2 is 1.77 bits per heavy atom. The number of benzene rings is 3. The summed E-state index contributed by atoms with van der Waals surface area (Å²) >= 11 is 0. The van der Waals surface area contributed by atoms with Gasteiger partial charge in [0.25, 0.3) is 5.91 Å². The van der Waals surface area contributed by atoms with E-state index in [-0.39, 0.29) is 5.91 Å². The fourth-order valence-electron chi connectivity index (χ4n) is 3.47. The second-order valence-corrected chi connectivity index (χ2v) is 7.20. The molecule has 0 atom stereocenters. The lowest BCUT2D eigenvalue weighted by Crippen LogP contribution is -2.15. The number of oxazole rings is 1. The van der Waals surface area contributed by atoms with E-state index in [2.05, 4.69) is 17.2 Å². The maximum atomic E-state index is 13.1. The maximum absolute atomic E-state index is 13.1. The molecule has 0 saturated carbocycles. The van der Waals surface area contributed by atoms with Crippen molar-refractivity contribution < 1.29 is 18.7 Å². The van der Waals surface area contributed by atoms with Gasteiger partial charge in [0.05, 0.1) is 14.2 Å². The SMILES string of the molecule is CCc1ccc2oc(-c3ccc(C)c(NC(=O)c4c(OC)cccc4OC)c3)nc2c1. The first-order valence-corrected chi connectivity index (χ1v) is 10.1. The number of rotatable bonds is 6. The lowest BCUT2D eigenvalue weighted by atomic mass is 10.1. The van der Waals surface area contributed by atoms with E-state index in [0.29, 0.717) is 28.6 Å². The standard InChI is InChI=1S/C25H24N2O4/c1-5-16-10-12-20-19(13-16)27-25(31-20)17-11-9-15(2)18(14-17)26-24(28)23-21(29-3)7-6-8-22(23)30-4/h6-14H,5H2,1-4H3,(H,26,28). The van der Waals surface area contributed by atoms with E-state index < -0.39 is 0 Å². The molecule has 1 heterocycles. The average Bonchev–Trinajstić information content (AvgIpc) is 3.23. The number of hydrogen-bond acceptors (Lipinski definition) is 5. The van der Waals surface area contributed by atoms with Crippen molar-refractivity contribution in [2.45, 2.75) is 20.3 Å². The molecular weight excluding hydrogens is 392 g/mol. The minimum Gasteiger partial charge on any atom is -0.496 e. The number of carbonyl (C=O) groups is 1. The van der Waals surface area contributed by atoms with E-state index in [0.717, 1.165) is 28.6 Å². The topological polar surface area (TPSA) is 73.6 Å². The highest BCUT2D eigenvalue weighted by Gasteiger charge is 2.19. The maximum Gasteiger partial charge on any atom is 0.263 e. The first-order valence-electron chi connectivity index (χ1n) is 10.1. The third-order valence-electron chi connectivity index (χ3n) is 5.25. The Morgan fingerprint density at radius 1 is 1.03 bits per heavy atom. The molecule has 0 bridgehead atoms. The summed E-state index contributed by atoms with van der Waals surface area (Å²) in [5.74, 6) is 1.07. The molecular formula is C25H24N2O4. The Kier molecular flexibility index (Phi) is 5.62. The van der Waals surface area contributed by atoms with Gasteiger partial charge in [-0.05, 0) is 60.9 Å². The molecule has 0 unspecified atom stereocenters. The predicted molar refractivity (Wildman–Crippen MR) is 121 cm³/mol. The Bertz CT molecular complexity index is 1240. The Labute approximate surface area is 180 Å². The molecule has 1 amide bonds. The minimum atomic E-state index is -0.320. The molecule has 158 valence electrons. The normalized spacial score (nSPS) is 10.8. The van der Waals surface area contributed by atoms with E-state index in [1.165, 1.54) is 19.8 Å². The minimum absolute atomic E-state index is 0.320. The molecule has 0 aliphatic rings. The van der Waals surface area contributed by atoms with Crippen LogP contribution in [0.15, 0.2) is 59.0 Å². The Balaban J connectivity index is 1.69. The van der Waals surface area contributed by atoms with Gasteiger partial charge in [0, 0.05) is 11.3 Å². The molecule has 0 saturated heterocycles. The summed E-state index contributed by atoms with van der Waals surface area (Å²) in [4.78, 5) is 17.7. The van der Waals surface area contributed by atoms with Crippen molar-refractivity contribution in [1.29, 1.82) is 0 Å². The van der Waals surface area contributed by atoms with Gasteiger partial charge in [0.2, 0.25) is 5.89 Å². The zero-order valence-corrected chi connectivity index (χ0v) is 18.0. The van der Waals surface area contributed by atoms with E-state index in [1.54, 1.807) is 18.2 Å². The second kappa shape index (κ2) is 8.52. The van der Waals surface area contributed by atoms with Gasteiger partial charge in [0.1, 0.15) is 22.6 Å². The molecule has 0 spiro atoms. The fourth-order valence-corrected chi connectivity index (χ4v) is 3.47. The first kappa shape index (κ1) is 20.5. The largest absolute Gasteiger partial charge is 0.496 e. The summed E-state index contributed by atoms with van der Waals surface area (Å²) in [5, 5.41) is 2.97. The van der Waals surface area contributed by atoms with Crippen molar-refractivity contribution in [3.05, 3.63) is 71.3 Å². The molecule has 6 heteroatoms. The second-order valence-electron chi connectivity index (χ2n) is 7.20. The first-order chi connectivity index (χ1) is 15.0. The van der Waals surface area contributed by atoms with Crippen LogP contribution in [-0.4, -0.2) is 25.1 Å². The number of anilines is 1. The highest BCUT2D eigenvalue weighted by molar-refractivity contribution is 6.08. The van der Waals surface area contributed by atoms with Crippen LogP contribution in [0.3, 0.4) is 0 Å². The van der Waals surface area contributed by atoms with Crippen LogP contribution in [0, 0.1) is 6.92 Å². The van der Waals surface area contributed by atoms with Crippen molar-refractivity contribution in [3.63, 3.8) is 0 Å². The van der Waals surface area contributed by atoms with Crippen molar-refractivity contribution >= 4 is 22.7 Å². The third-order valence-corrected chi connectivity index (χ3v) is 5.25. The quantitative estimate of drug-likeness (QED) is 0.441. The van der Waals surface area contributed by atoms with Crippen LogP contribution in [0.1, 0.15) is 28.4 Å². The van der Waals surface area contributed by atoms with Crippen LogP contribution in [0.5, 0.6) is 11.5 Å². The van der Waals surface area contributed by atoms with Crippen molar-refractivity contribution in [1.82, 2.24) is 4.98 Å². The van der Waals surface area contributed by atoms with Gasteiger partial charge in [-0.25, -0.2) is 4.98 Å². The molecule has 31 heavy (non-hydrogen) atoms. The number of nitrogens with one attached hydrogen (secondary N) is 1. The molecule has 0 aliphatic carbocycles.